The minimum absolute atomic E-state index is 0.0960. The Bertz CT molecular complexity index is 771. The Hall–Kier alpha value is -1.66. The fourth-order valence-electron chi connectivity index (χ4n) is 2.81. The average molecular weight is 336 g/mol. The van der Waals surface area contributed by atoms with Gasteiger partial charge < -0.3 is 10.2 Å². The SMILES string of the molecule is O=C(Nc1nc2ccc(Cl)cc2s1)C1CC(=O)N(C2CC2)C1. The lowest BCUT2D eigenvalue weighted by atomic mass is 10.1. The van der Waals surface area contributed by atoms with Crippen LogP contribution < -0.4 is 5.32 Å². The summed E-state index contributed by atoms with van der Waals surface area (Å²) in [4.78, 5) is 30.5. The van der Waals surface area contributed by atoms with Gasteiger partial charge in [0.1, 0.15) is 0 Å². The number of anilines is 1. The number of thiazole rings is 1. The first-order valence-electron chi connectivity index (χ1n) is 7.26. The van der Waals surface area contributed by atoms with E-state index < -0.39 is 0 Å². The number of halogens is 1. The quantitative estimate of drug-likeness (QED) is 0.938. The second-order valence-corrected chi connectivity index (χ2v) is 7.27. The molecule has 22 heavy (non-hydrogen) atoms. The van der Waals surface area contributed by atoms with Crippen molar-refractivity contribution in [1.29, 1.82) is 0 Å². The number of carbonyl (C=O) groups excluding carboxylic acids is 2. The molecule has 1 aromatic heterocycles. The Labute approximate surface area is 136 Å². The van der Waals surface area contributed by atoms with Crippen LogP contribution in [0.25, 0.3) is 10.2 Å². The summed E-state index contributed by atoms with van der Waals surface area (Å²) in [5, 5.41) is 4.04. The van der Waals surface area contributed by atoms with Gasteiger partial charge in [-0.2, -0.15) is 0 Å². The number of amides is 2. The van der Waals surface area contributed by atoms with E-state index in [-0.39, 0.29) is 17.7 Å². The minimum atomic E-state index is -0.274. The highest BCUT2D eigenvalue weighted by Gasteiger charge is 2.41. The molecule has 114 valence electrons. The molecule has 1 N–H and O–H groups in total. The number of benzene rings is 1. The van der Waals surface area contributed by atoms with Crippen molar-refractivity contribution < 1.29 is 9.59 Å². The molecule has 2 heterocycles. The van der Waals surface area contributed by atoms with E-state index in [4.69, 9.17) is 11.6 Å². The molecule has 2 fully saturated rings. The number of hydrogen-bond donors (Lipinski definition) is 1. The minimum Gasteiger partial charge on any atom is -0.339 e. The molecule has 2 aromatic rings. The molecule has 1 unspecified atom stereocenters. The predicted octanol–water partition coefficient (Wildman–Crippen LogP) is 2.90. The van der Waals surface area contributed by atoms with Crippen molar-refractivity contribution in [2.45, 2.75) is 25.3 Å². The Kier molecular flexibility index (Phi) is 3.31. The molecule has 0 spiro atoms. The number of hydrogen-bond acceptors (Lipinski definition) is 4. The van der Waals surface area contributed by atoms with Gasteiger partial charge >= 0.3 is 0 Å². The first kappa shape index (κ1) is 14.0. The fourth-order valence-corrected chi connectivity index (χ4v) is 3.95. The molecule has 1 atom stereocenters. The number of likely N-dealkylation sites (tertiary alicyclic amines) is 1. The summed E-state index contributed by atoms with van der Waals surface area (Å²) >= 11 is 7.35. The molecule has 7 heteroatoms. The maximum atomic E-state index is 12.3. The largest absolute Gasteiger partial charge is 0.339 e. The zero-order chi connectivity index (χ0) is 15.3. The molecule has 1 aliphatic heterocycles. The first-order valence-corrected chi connectivity index (χ1v) is 8.46. The van der Waals surface area contributed by atoms with Gasteiger partial charge in [-0.1, -0.05) is 22.9 Å². The topological polar surface area (TPSA) is 62.3 Å². The Morgan fingerprint density at radius 3 is 3.00 bits per heavy atom. The molecule has 2 amide bonds. The molecule has 2 aliphatic rings. The summed E-state index contributed by atoms with van der Waals surface area (Å²) in [5.74, 6) is -0.302. The van der Waals surface area contributed by atoms with Crippen molar-refractivity contribution in [2.24, 2.45) is 5.92 Å². The van der Waals surface area contributed by atoms with Crippen molar-refractivity contribution in [3.05, 3.63) is 23.2 Å². The summed E-state index contributed by atoms with van der Waals surface area (Å²) in [5.41, 5.74) is 0.812. The highest BCUT2D eigenvalue weighted by Crippen LogP contribution is 2.33. The van der Waals surface area contributed by atoms with Crippen LogP contribution in [0.2, 0.25) is 5.02 Å². The van der Waals surface area contributed by atoms with Gasteiger partial charge in [-0.25, -0.2) is 4.98 Å². The van der Waals surface area contributed by atoms with Gasteiger partial charge in [0, 0.05) is 24.0 Å². The van der Waals surface area contributed by atoms with Gasteiger partial charge in [0.25, 0.3) is 0 Å². The van der Waals surface area contributed by atoms with Crippen LogP contribution >= 0.6 is 22.9 Å². The van der Waals surface area contributed by atoms with E-state index in [0.29, 0.717) is 29.2 Å². The van der Waals surface area contributed by atoms with Gasteiger partial charge in [0.15, 0.2) is 5.13 Å². The Balaban J connectivity index is 1.47. The molecule has 0 radical (unpaired) electrons. The highest BCUT2D eigenvalue weighted by atomic mass is 35.5. The second kappa shape index (κ2) is 5.21. The second-order valence-electron chi connectivity index (χ2n) is 5.80. The maximum absolute atomic E-state index is 12.3. The van der Waals surface area contributed by atoms with Crippen molar-refractivity contribution in [1.82, 2.24) is 9.88 Å². The van der Waals surface area contributed by atoms with E-state index in [1.165, 1.54) is 11.3 Å². The van der Waals surface area contributed by atoms with Crippen LogP contribution in [0.5, 0.6) is 0 Å². The first-order chi connectivity index (χ1) is 10.6. The molecule has 0 bridgehead atoms. The number of carbonyl (C=O) groups is 2. The van der Waals surface area contributed by atoms with Gasteiger partial charge in [-0.05, 0) is 31.0 Å². The van der Waals surface area contributed by atoms with Crippen molar-refractivity contribution in [3.63, 3.8) is 0 Å². The third-order valence-corrected chi connectivity index (χ3v) is 5.27. The highest BCUT2D eigenvalue weighted by molar-refractivity contribution is 7.22. The summed E-state index contributed by atoms with van der Waals surface area (Å²) in [6.45, 7) is 0.534. The molecule has 1 aliphatic carbocycles. The number of fused-ring (bicyclic) bond motifs is 1. The lowest BCUT2D eigenvalue weighted by molar-refractivity contribution is -0.128. The van der Waals surface area contributed by atoms with Gasteiger partial charge in [-0.3, -0.25) is 9.59 Å². The average Bonchev–Trinajstić information content (AvgIpc) is 3.13. The van der Waals surface area contributed by atoms with Crippen molar-refractivity contribution >= 4 is 50.1 Å². The van der Waals surface area contributed by atoms with Crippen LogP contribution in [0.1, 0.15) is 19.3 Å². The van der Waals surface area contributed by atoms with E-state index in [2.05, 4.69) is 10.3 Å². The monoisotopic (exact) mass is 335 g/mol. The lowest BCUT2D eigenvalue weighted by Gasteiger charge is -2.14. The molecular formula is C15H14ClN3O2S. The molecule has 1 saturated heterocycles. The number of aromatic nitrogens is 1. The Morgan fingerprint density at radius 1 is 1.41 bits per heavy atom. The van der Waals surface area contributed by atoms with Crippen LogP contribution in [0.4, 0.5) is 5.13 Å². The standard InChI is InChI=1S/C15H14ClN3O2S/c16-9-1-4-11-12(6-9)22-15(17-11)18-14(21)8-5-13(20)19(7-8)10-2-3-10/h1,4,6,8,10H,2-3,5,7H2,(H,17,18,21). The van der Waals surface area contributed by atoms with E-state index >= 15 is 0 Å². The molecule has 5 nitrogen and oxygen atoms in total. The van der Waals surface area contributed by atoms with Crippen molar-refractivity contribution in [2.75, 3.05) is 11.9 Å². The van der Waals surface area contributed by atoms with Crippen LogP contribution in [-0.2, 0) is 9.59 Å². The van der Waals surface area contributed by atoms with Crippen LogP contribution in [0.15, 0.2) is 18.2 Å². The normalized spacial score (nSPS) is 21.6. The molecule has 4 rings (SSSR count). The third kappa shape index (κ3) is 2.57. The van der Waals surface area contributed by atoms with Crippen LogP contribution in [0, 0.1) is 5.92 Å². The summed E-state index contributed by atoms with van der Waals surface area (Å²) < 4.78 is 0.935. The predicted molar refractivity (Wildman–Crippen MR) is 86.1 cm³/mol. The van der Waals surface area contributed by atoms with E-state index in [1.807, 2.05) is 17.0 Å². The third-order valence-electron chi connectivity index (χ3n) is 4.10. The van der Waals surface area contributed by atoms with Crippen LogP contribution in [0.3, 0.4) is 0 Å². The summed E-state index contributed by atoms with van der Waals surface area (Å²) in [6, 6.07) is 5.81. The lowest BCUT2D eigenvalue weighted by Crippen LogP contribution is -2.29. The number of nitrogens with zero attached hydrogens (tertiary/aromatic N) is 2. The number of nitrogens with one attached hydrogen (secondary N) is 1. The van der Waals surface area contributed by atoms with Gasteiger partial charge in [0.05, 0.1) is 16.1 Å². The zero-order valence-corrected chi connectivity index (χ0v) is 13.3. The van der Waals surface area contributed by atoms with E-state index in [9.17, 15) is 9.59 Å². The maximum Gasteiger partial charge on any atom is 0.231 e. The molecule has 1 saturated carbocycles. The smallest absolute Gasteiger partial charge is 0.231 e. The zero-order valence-electron chi connectivity index (χ0n) is 11.7. The molecular weight excluding hydrogens is 322 g/mol. The van der Waals surface area contributed by atoms with E-state index in [0.717, 1.165) is 23.1 Å². The van der Waals surface area contributed by atoms with Crippen molar-refractivity contribution in [3.8, 4) is 0 Å². The fraction of sp³-hybridized carbons (Fsp3) is 0.400. The number of rotatable bonds is 3. The Morgan fingerprint density at radius 2 is 2.23 bits per heavy atom. The van der Waals surface area contributed by atoms with Gasteiger partial charge in [-0.15, -0.1) is 0 Å². The van der Waals surface area contributed by atoms with Gasteiger partial charge in [0.2, 0.25) is 11.8 Å². The summed E-state index contributed by atoms with van der Waals surface area (Å²) in [7, 11) is 0. The van der Waals surface area contributed by atoms with E-state index in [1.54, 1.807) is 6.07 Å². The summed E-state index contributed by atoms with van der Waals surface area (Å²) in [6.07, 6.45) is 2.44. The molecule has 1 aromatic carbocycles. The van der Waals surface area contributed by atoms with Crippen LogP contribution in [-0.4, -0.2) is 34.3 Å².